The van der Waals surface area contributed by atoms with Gasteiger partial charge in [0.2, 0.25) is 0 Å². The number of hydrogen-bond acceptors (Lipinski definition) is 3. The molecule has 0 saturated carbocycles. The highest BCUT2D eigenvalue weighted by Gasteiger charge is 2.00. The number of nitrogens with zero attached hydrogens (tertiary/aromatic N) is 2. The van der Waals surface area contributed by atoms with E-state index in [1.54, 1.807) is 0 Å². The van der Waals surface area contributed by atoms with Gasteiger partial charge in [0.05, 0.1) is 11.4 Å². The van der Waals surface area contributed by atoms with Crippen LogP contribution in [0, 0.1) is 13.8 Å². The molecule has 3 nitrogen and oxygen atoms in total. The van der Waals surface area contributed by atoms with E-state index in [1.165, 1.54) is 0 Å². The number of nitrogen functional groups attached to an aromatic ring is 1. The molecule has 2 rings (SSSR count). The number of rotatable bonds is 2. The van der Waals surface area contributed by atoms with E-state index >= 15 is 0 Å². The largest absolute Gasteiger partial charge is 0.398 e. The van der Waals surface area contributed by atoms with Crippen molar-refractivity contribution in [2.24, 2.45) is 10.2 Å². The Labute approximate surface area is 101 Å². The fraction of sp³-hybridized carbons (Fsp3) is 0.143. The van der Waals surface area contributed by atoms with Crippen LogP contribution in [0.1, 0.15) is 11.1 Å². The maximum absolute atomic E-state index is 5.89. The molecule has 17 heavy (non-hydrogen) atoms. The molecule has 86 valence electrons. The molecule has 0 amide bonds. The topological polar surface area (TPSA) is 50.7 Å². The van der Waals surface area contributed by atoms with Crippen molar-refractivity contribution >= 4 is 17.1 Å². The highest BCUT2D eigenvalue weighted by molar-refractivity contribution is 5.59. The fourth-order valence-corrected chi connectivity index (χ4v) is 1.62. The molecule has 0 unspecified atom stereocenters. The van der Waals surface area contributed by atoms with Crippen LogP contribution in [0.4, 0.5) is 17.1 Å². The molecular formula is C14H15N3. The second-order valence-electron chi connectivity index (χ2n) is 4.03. The Morgan fingerprint density at radius 2 is 1.35 bits per heavy atom. The number of aryl methyl sites for hydroxylation is 2. The van der Waals surface area contributed by atoms with Gasteiger partial charge in [-0.05, 0) is 49.2 Å². The van der Waals surface area contributed by atoms with Gasteiger partial charge in [-0.15, -0.1) is 0 Å². The van der Waals surface area contributed by atoms with Crippen molar-refractivity contribution in [3.63, 3.8) is 0 Å². The maximum Gasteiger partial charge on any atom is 0.0863 e. The van der Waals surface area contributed by atoms with Crippen molar-refractivity contribution in [1.29, 1.82) is 0 Å². The van der Waals surface area contributed by atoms with E-state index in [0.29, 0.717) is 0 Å². The lowest BCUT2D eigenvalue weighted by Crippen LogP contribution is -1.92. The Hall–Kier alpha value is -2.16. The van der Waals surface area contributed by atoms with E-state index in [-0.39, 0.29) is 0 Å². The molecule has 0 atom stereocenters. The molecule has 0 radical (unpaired) electrons. The van der Waals surface area contributed by atoms with E-state index in [9.17, 15) is 0 Å². The first kappa shape index (κ1) is 11.3. The van der Waals surface area contributed by atoms with Crippen molar-refractivity contribution in [2.45, 2.75) is 13.8 Å². The van der Waals surface area contributed by atoms with E-state index in [4.69, 9.17) is 5.73 Å². The summed E-state index contributed by atoms with van der Waals surface area (Å²) in [6.07, 6.45) is 0. The monoisotopic (exact) mass is 225 g/mol. The Kier molecular flexibility index (Phi) is 3.19. The Bertz CT molecular complexity index is 522. The van der Waals surface area contributed by atoms with Crippen LogP contribution in [0.5, 0.6) is 0 Å². The number of anilines is 1. The average molecular weight is 225 g/mol. The summed E-state index contributed by atoms with van der Waals surface area (Å²) in [5.74, 6) is 0. The second-order valence-corrected chi connectivity index (χ2v) is 4.03. The van der Waals surface area contributed by atoms with Crippen molar-refractivity contribution in [2.75, 3.05) is 5.73 Å². The van der Waals surface area contributed by atoms with Crippen LogP contribution in [0.25, 0.3) is 0 Å². The average Bonchev–Trinajstić information content (AvgIpc) is 2.34. The molecule has 2 aromatic carbocycles. The lowest BCUT2D eigenvalue weighted by molar-refractivity contribution is 1.22. The third-order valence-corrected chi connectivity index (χ3v) is 2.62. The predicted octanol–water partition coefficient (Wildman–Crippen LogP) is 4.30. The van der Waals surface area contributed by atoms with Gasteiger partial charge in [-0.1, -0.05) is 18.2 Å². The SMILES string of the molecule is Cc1cc(/N=N/c2ccccc2)cc(C)c1N. The van der Waals surface area contributed by atoms with Gasteiger partial charge in [-0.2, -0.15) is 10.2 Å². The van der Waals surface area contributed by atoms with E-state index in [2.05, 4.69) is 10.2 Å². The van der Waals surface area contributed by atoms with Crippen molar-refractivity contribution in [3.8, 4) is 0 Å². The number of azo groups is 1. The van der Waals surface area contributed by atoms with Crippen LogP contribution >= 0.6 is 0 Å². The van der Waals surface area contributed by atoms with Crippen LogP contribution in [0.2, 0.25) is 0 Å². The van der Waals surface area contributed by atoms with Gasteiger partial charge in [0.25, 0.3) is 0 Å². The highest BCUT2D eigenvalue weighted by Crippen LogP contribution is 2.25. The number of benzene rings is 2. The number of nitrogens with two attached hydrogens (primary N) is 1. The molecule has 3 heteroatoms. The summed E-state index contributed by atoms with van der Waals surface area (Å²) >= 11 is 0. The highest BCUT2D eigenvalue weighted by atomic mass is 15.1. The maximum atomic E-state index is 5.89. The minimum absolute atomic E-state index is 0.823. The van der Waals surface area contributed by atoms with Gasteiger partial charge in [-0.3, -0.25) is 0 Å². The fourth-order valence-electron chi connectivity index (χ4n) is 1.62. The van der Waals surface area contributed by atoms with Crippen molar-refractivity contribution in [1.82, 2.24) is 0 Å². The molecule has 2 N–H and O–H groups in total. The van der Waals surface area contributed by atoms with Crippen molar-refractivity contribution < 1.29 is 0 Å². The van der Waals surface area contributed by atoms with Gasteiger partial charge in [0.15, 0.2) is 0 Å². The molecule has 0 aliphatic heterocycles. The molecule has 2 aromatic rings. The van der Waals surface area contributed by atoms with Gasteiger partial charge in [0, 0.05) is 5.69 Å². The lowest BCUT2D eigenvalue weighted by atomic mass is 10.1. The Morgan fingerprint density at radius 3 is 1.94 bits per heavy atom. The number of hydrogen-bond donors (Lipinski definition) is 1. The smallest absolute Gasteiger partial charge is 0.0863 e. The van der Waals surface area contributed by atoms with E-state index in [0.717, 1.165) is 28.2 Å². The molecule has 0 spiro atoms. The van der Waals surface area contributed by atoms with Crippen LogP contribution in [0.3, 0.4) is 0 Å². The molecule has 0 aromatic heterocycles. The first-order valence-corrected chi connectivity index (χ1v) is 5.50. The zero-order valence-electron chi connectivity index (χ0n) is 10.0. The molecular weight excluding hydrogens is 210 g/mol. The minimum Gasteiger partial charge on any atom is -0.398 e. The standard InChI is InChI=1S/C14H15N3/c1-10-8-13(9-11(2)14(10)15)17-16-12-6-4-3-5-7-12/h3-9H,15H2,1-2H3/b17-16+. The zero-order valence-corrected chi connectivity index (χ0v) is 10.0. The summed E-state index contributed by atoms with van der Waals surface area (Å²) < 4.78 is 0. The summed E-state index contributed by atoms with van der Waals surface area (Å²) in [4.78, 5) is 0. The van der Waals surface area contributed by atoms with Crippen molar-refractivity contribution in [3.05, 3.63) is 53.6 Å². The predicted molar refractivity (Wildman–Crippen MR) is 70.9 cm³/mol. The van der Waals surface area contributed by atoms with Gasteiger partial charge in [0.1, 0.15) is 0 Å². The van der Waals surface area contributed by atoms with Gasteiger partial charge in [-0.25, -0.2) is 0 Å². The summed E-state index contributed by atoms with van der Waals surface area (Å²) in [6, 6.07) is 13.5. The molecule has 0 fully saturated rings. The summed E-state index contributed by atoms with van der Waals surface area (Å²) in [5.41, 5.74) is 10.5. The van der Waals surface area contributed by atoms with E-state index < -0.39 is 0 Å². The second kappa shape index (κ2) is 4.78. The normalized spacial score (nSPS) is 10.9. The van der Waals surface area contributed by atoms with E-state index in [1.807, 2.05) is 56.3 Å². The van der Waals surface area contributed by atoms with Gasteiger partial charge < -0.3 is 5.73 Å². The zero-order chi connectivity index (χ0) is 12.3. The molecule has 0 aliphatic rings. The first-order valence-electron chi connectivity index (χ1n) is 5.50. The van der Waals surface area contributed by atoms with Gasteiger partial charge >= 0.3 is 0 Å². The van der Waals surface area contributed by atoms with Crippen LogP contribution in [-0.4, -0.2) is 0 Å². The third-order valence-electron chi connectivity index (χ3n) is 2.62. The third kappa shape index (κ3) is 2.69. The molecule has 0 saturated heterocycles. The summed E-state index contributed by atoms with van der Waals surface area (Å²) in [5, 5.41) is 8.38. The summed E-state index contributed by atoms with van der Waals surface area (Å²) in [6.45, 7) is 3.95. The first-order chi connectivity index (χ1) is 8.16. The molecule has 0 bridgehead atoms. The minimum atomic E-state index is 0.823. The lowest BCUT2D eigenvalue weighted by Gasteiger charge is -2.04. The molecule has 0 heterocycles. The van der Waals surface area contributed by atoms with Crippen LogP contribution in [0.15, 0.2) is 52.7 Å². The van der Waals surface area contributed by atoms with Crippen LogP contribution < -0.4 is 5.73 Å². The van der Waals surface area contributed by atoms with Crippen LogP contribution in [-0.2, 0) is 0 Å². The molecule has 0 aliphatic carbocycles. The quantitative estimate of drug-likeness (QED) is 0.601. The summed E-state index contributed by atoms with van der Waals surface area (Å²) in [7, 11) is 0. The Balaban J connectivity index is 2.28. The Morgan fingerprint density at radius 1 is 0.824 bits per heavy atom.